The molecule has 2 aromatic rings. The van der Waals surface area contributed by atoms with Crippen molar-refractivity contribution in [3.05, 3.63) is 28.5 Å². The Labute approximate surface area is 222 Å². The van der Waals surface area contributed by atoms with Crippen molar-refractivity contribution in [1.82, 2.24) is 20.2 Å². The van der Waals surface area contributed by atoms with Crippen molar-refractivity contribution >= 4 is 29.0 Å². The Hall–Kier alpha value is -3.24. The maximum atomic E-state index is 13.4. The van der Waals surface area contributed by atoms with Crippen molar-refractivity contribution in [3.8, 4) is 16.5 Å². The summed E-state index contributed by atoms with van der Waals surface area (Å²) in [7, 11) is 0. The van der Waals surface area contributed by atoms with Gasteiger partial charge in [0, 0.05) is 37.4 Å². The summed E-state index contributed by atoms with van der Waals surface area (Å²) in [5.41, 5.74) is -2.57. The predicted octanol–water partition coefficient (Wildman–Crippen LogP) is 3.96. The molecule has 0 aromatic carbocycles. The second-order valence-corrected chi connectivity index (χ2v) is 11.5. The smallest absolute Gasteiger partial charge is 0.389 e. The van der Waals surface area contributed by atoms with E-state index in [-0.39, 0.29) is 60.0 Å². The molecule has 1 aliphatic heterocycles. The van der Waals surface area contributed by atoms with E-state index in [1.807, 2.05) is 13.0 Å². The average Bonchev–Trinajstić information content (AvgIpc) is 3.34. The largest absolute Gasteiger partial charge is 0.396 e. The van der Waals surface area contributed by atoms with Crippen molar-refractivity contribution in [2.75, 3.05) is 25.0 Å². The zero-order valence-electron chi connectivity index (χ0n) is 21.3. The summed E-state index contributed by atoms with van der Waals surface area (Å²) in [4.78, 5) is 36.7. The maximum Gasteiger partial charge on any atom is 0.396 e. The molecule has 1 saturated heterocycles. The predicted molar refractivity (Wildman–Crippen MR) is 135 cm³/mol. The Morgan fingerprint density at radius 1 is 1.34 bits per heavy atom. The molecule has 1 atom stereocenters. The number of aliphatic hydroxyl groups is 1. The molecule has 4 rings (SSSR count). The Kier molecular flexibility index (Phi) is 7.42. The molecule has 204 valence electrons. The van der Waals surface area contributed by atoms with E-state index in [2.05, 4.69) is 20.6 Å². The summed E-state index contributed by atoms with van der Waals surface area (Å²) in [5.74, 6) is -0.912. The van der Waals surface area contributed by atoms with Crippen molar-refractivity contribution in [2.45, 2.75) is 64.3 Å². The van der Waals surface area contributed by atoms with Gasteiger partial charge < -0.3 is 20.6 Å². The van der Waals surface area contributed by atoms with Crippen LogP contribution < -0.4 is 10.6 Å². The Bertz CT molecular complexity index is 1280. The fourth-order valence-corrected chi connectivity index (χ4v) is 5.23. The summed E-state index contributed by atoms with van der Waals surface area (Å²) in [6, 6.07) is 3.38. The van der Waals surface area contributed by atoms with Gasteiger partial charge in [-0.15, -0.1) is 11.3 Å². The molecular formula is C25H29F3N6O3S. The fraction of sp³-hybridized carbons (Fsp3) is 0.560. The molecule has 0 unspecified atom stereocenters. The SMILES string of the molecule is C[C@H]1CCCN1C(=O)c1nc(C(=O)NCC(C)(C)O)sc1-c1cnc(NCC2(C(F)(F)F)CC2)c(C#N)c1. The van der Waals surface area contributed by atoms with Crippen LogP contribution in [0.1, 0.15) is 72.3 Å². The minimum atomic E-state index is -4.35. The third-order valence-corrected chi connectivity index (χ3v) is 7.94. The number of nitriles is 1. The van der Waals surface area contributed by atoms with E-state index in [0.717, 1.165) is 24.2 Å². The number of thiazole rings is 1. The first-order chi connectivity index (χ1) is 17.7. The molecule has 9 nitrogen and oxygen atoms in total. The summed E-state index contributed by atoms with van der Waals surface area (Å²) < 4.78 is 39.9. The van der Waals surface area contributed by atoms with Gasteiger partial charge in [-0.25, -0.2) is 9.97 Å². The number of nitrogens with zero attached hydrogens (tertiary/aromatic N) is 4. The molecule has 13 heteroatoms. The zero-order valence-corrected chi connectivity index (χ0v) is 22.1. The van der Waals surface area contributed by atoms with Crippen LogP contribution in [0.25, 0.3) is 10.4 Å². The van der Waals surface area contributed by atoms with Gasteiger partial charge in [0.1, 0.15) is 17.6 Å². The van der Waals surface area contributed by atoms with Crippen molar-refractivity contribution in [3.63, 3.8) is 0 Å². The van der Waals surface area contributed by atoms with Crippen LogP contribution >= 0.6 is 11.3 Å². The summed E-state index contributed by atoms with van der Waals surface area (Å²) in [5, 5.41) is 24.9. The van der Waals surface area contributed by atoms with E-state index in [0.29, 0.717) is 17.0 Å². The normalized spacial score (nSPS) is 18.7. The van der Waals surface area contributed by atoms with E-state index >= 15 is 0 Å². The topological polar surface area (TPSA) is 131 Å². The number of halogens is 3. The maximum absolute atomic E-state index is 13.4. The number of carbonyl (C=O) groups excluding carboxylic acids is 2. The molecule has 2 fully saturated rings. The fourth-order valence-electron chi connectivity index (χ4n) is 4.28. The van der Waals surface area contributed by atoms with Crippen LogP contribution in [0.4, 0.5) is 19.0 Å². The van der Waals surface area contributed by atoms with Crippen LogP contribution in [-0.4, -0.2) is 69.2 Å². The number of likely N-dealkylation sites (tertiary alicyclic amines) is 1. The highest BCUT2D eigenvalue weighted by Gasteiger charge is 2.63. The molecule has 2 aromatic heterocycles. The molecule has 2 aliphatic rings. The van der Waals surface area contributed by atoms with E-state index in [4.69, 9.17) is 0 Å². The highest BCUT2D eigenvalue weighted by molar-refractivity contribution is 7.17. The number of pyridine rings is 1. The number of rotatable bonds is 8. The number of nitrogens with one attached hydrogen (secondary N) is 2. The molecule has 2 amide bonds. The minimum absolute atomic E-state index is 0.000937. The van der Waals surface area contributed by atoms with Crippen LogP contribution in [0.3, 0.4) is 0 Å². The van der Waals surface area contributed by atoms with E-state index in [1.54, 1.807) is 4.90 Å². The minimum Gasteiger partial charge on any atom is -0.389 e. The number of alkyl halides is 3. The second-order valence-electron chi connectivity index (χ2n) is 10.5. The zero-order chi connectivity index (χ0) is 27.9. The lowest BCUT2D eigenvalue weighted by atomic mass is 10.1. The standard InChI is InChI=1S/C25H29F3N6O3S/c1-14-5-4-8-34(14)22(36)17-18(38-21(33-17)20(35)32-12-23(2,3)37)16-9-15(10-29)19(30-11-16)31-13-24(6-7-24)25(26,27)28/h9,11,14,37H,4-8,12-13H2,1-3H3,(H,30,31)(H,32,35)/t14-/m0/s1. The number of amides is 2. The summed E-state index contributed by atoms with van der Waals surface area (Å²) in [6.07, 6.45) is -1.28. The molecule has 0 bridgehead atoms. The van der Waals surface area contributed by atoms with Crippen LogP contribution in [0.15, 0.2) is 12.3 Å². The van der Waals surface area contributed by atoms with E-state index in [1.165, 1.54) is 26.1 Å². The number of hydrogen-bond acceptors (Lipinski definition) is 8. The van der Waals surface area contributed by atoms with Crippen LogP contribution in [0.2, 0.25) is 0 Å². The number of hydrogen-bond donors (Lipinski definition) is 3. The molecule has 0 radical (unpaired) electrons. The van der Waals surface area contributed by atoms with Crippen molar-refractivity contribution in [2.24, 2.45) is 5.41 Å². The quantitative estimate of drug-likeness (QED) is 0.454. The van der Waals surface area contributed by atoms with Gasteiger partial charge in [0.2, 0.25) is 0 Å². The van der Waals surface area contributed by atoms with Crippen LogP contribution in [-0.2, 0) is 0 Å². The number of aromatic nitrogens is 2. The lowest BCUT2D eigenvalue weighted by Crippen LogP contribution is -2.38. The Balaban J connectivity index is 1.66. The molecule has 1 saturated carbocycles. The lowest BCUT2D eigenvalue weighted by molar-refractivity contribution is -0.182. The number of anilines is 1. The third-order valence-electron chi connectivity index (χ3n) is 6.84. The highest BCUT2D eigenvalue weighted by Crippen LogP contribution is 2.57. The molecule has 3 N–H and O–H groups in total. The highest BCUT2D eigenvalue weighted by atomic mass is 32.1. The third kappa shape index (κ3) is 5.76. The first-order valence-electron chi connectivity index (χ1n) is 12.3. The van der Waals surface area contributed by atoms with Gasteiger partial charge in [-0.2, -0.15) is 18.4 Å². The van der Waals surface area contributed by atoms with Gasteiger partial charge in [-0.3, -0.25) is 9.59 Å². The molecule has 1 aliphatic carbocycles. The monoisotopic (exact) mass is 550 g/mol. The van der Waals surface area contributed by atoms with Gasteiger partial charge in [0.15, 0.2) is 5.01 Å². The average molecular weight is 551 g/mol. The number of carbonyl (C=O) groups is 2. The Morgan fingerprint density at radius 2 is 2.05 bits per heavy atom. The van der Waals surface area contributed by atoms with Crippen LogP contribution in [0.5, 0.6) is 0 Å². The summed E-state index contributed by atoms with van der Waals surface area (Å²) >= 11 is 0.945. The van der Waals surface area contributed by atoms with Gasteiger partial charge >= 0.3 is 6.18 Å². The Morgan fingerprint density at radius 3 is 2.61 bits per heavy atom. The van der Waals surface area contributed by atoms with Gasteiger partial charge in [0.05, 0.1) is 21.5 Å². The molecule has 3 heterocycles. The van der Waals surface area contributed by atoms with Crippen LogP contribution in [0, 0.1) is 16.7 Å². The van der Waals surface area contributed by atoms with E-state index in [9.17, 15) is 33.1 Å². The molecular weight excluding hydrogens is 521 g/mol. The van der Waals surface area contributed by atoms with E-state index < -0.39 is 23.1 Å². The first-order valence-corrected chi connectivity index (χ1v) is 13.1. The van der Waals surface area contributed by atoms with Gasteiger partial charge in [-0.1, -0.05) is 0 Å². The second kappa shape index (κ2) is 10.1. The molecule has 38 heavy (non-hydrogen) atoms. The first kappa shape index (κ1) is 27.8. The molecule has 0 spiro atoms. The summed E-state index contributed by atoms with van der Waals surface area (Å²) in [6.45, 7) is 5.12. The van der Waals surface area contributed by atoms with Crippen molar-refractivity contribution < 1.29 is 27.9 Å². The lowest BCUT2D eigenvalue weighted by Gasteiger charge is -2.21. The van der Waals surface area contributed by atoms with Gasteiger partial charge in [0.25, 0.3) is 11.8 Å². The van der Waals surface area contributed by atoms with Crippen molar-refractivity contribution in [1.29, 1.82) is 5.26 Å². The van der Waals surface area contributed by atoms with Gasteiger partial charge in [-0.05, 0) is 52.5 Å².